The van der Waals surface area contributed by atoms with Crippen LogP contribution in [0, 0.1) is 6.92 Å². The van der Waals surface area contributed by atoms with Crippen LogP contribution >= 0.6 is 0 Å². The highest BCUT2D eigenvalue weighted by Crippen LogP contribution is 2.17. The van der Waals surface area contributed by atoms with E-state index in [1.54, 1.807) is 10.9 Å². The molecule has 3 aromatic rings. The molecule has 0 aliphatic heterocycles. The van der Waals surface area contributed by atoms with Gasteiger partial charge < -0.3 is 11.1 Å². The van der Waals surface area contributed by atoms with E-state index in [4.69, 9.17) is 5.73 Å². The van der Waals surface area contributed by atoms with Crippen molar-refractivity contribution in [1.82, 2.24) is 20.1 Å². The van der Waals surface area contributed by atoms with Gasteiger partial charge in [-0.05, 0) is 25.1 Å². The molecule has 22 heavy (non-hydrogen) atoms. The summed E-state index contributed by atoms with van der Waals surface area (Å²) in [4.78, 5) is 16.6. The fourth-order valence-corrected chi connectivity index (χ4v) is 2.32. The Morgan fingerprint density at radius 2 is 2.09 bits per heavy atom. The van der Waals surface area contributed by atoms with Crippen LogP contribution in [0.5, 0.6) is 0 Å². The minimum Gasteiger partial charge on any atom is -0.351 e. The van der Waals surface area contributed by atoms with E-state index in [1.807, 2.05) is 43.3 Å². The first-order chi connectivity index (χ1) is 10.7. The minimum atomic E-state index is -0.171. The Labute approximate surface area is 128 Å². The molecule has 112 valence electrons. The first-order valence-electron chi connectivity index (χ1n) is 7.10. The zero-order chi connectivity index (χ0) is 15.5. The average Bonchev–Trinajstić information content (AvgIpc) is 2.94. The molecule has 3 N–H and O–H groups in total. The lowest BCUT2D eigenvalue weighted by atomic mass is 10.2. The molecule has 1 aromatic carbocycles. The molecule has 6 heteroatoms. The van der Waals surface area contributed by atoms with E-state index in [0.29, 0.717) is 24.5 Å². The predicted octanol–water partition coefficient (Wildman–Crippen LogP) is 1.42. The molecule has 0 radical (unpaired) electrons. The molecule has 0 aliphatic rings. The molecule has 2 heterocycles. The molecule has 3 rings (SSSR count). The third-order valence-electron chi connectivity index (χ3n) is 3.49. The largest absolute Gasteiger partial charge is 0.351 e. The van der Waals surface area contributed by atoms with Crippen LogP contribution in [0.15, 0.2) is 42.6 Å². The van der Waals surface area contributed by atoms with Gasteiger partial charge in [0.25, 0.3) is 5.91 Å². The van der Waals surface area contributed by atoms with E-state index < -0.39 is 0 Å². The van der Waals surface area contributed by atoms with Crippen molar-refractivity contribution in [3.05, 3.63) is 53.9 Å². The van der Waals surface area contributed by atoms with Gasteiger partial charge in [-0.15, -0.1) is 0 Å². The second-order valence-corrected chi connectivity index (χ2v) is 4.96. The van der Waals surface area contributed by atoms with Gasteiger partial charge in [-0.25, -0.2) is 9.67 Å². The lowest BCUT2D eigenvalue weighted by Gasteiger charge is -2.06. The van der Waals surface area contributed by atoms with Crippen LogP contribution in [0.3, 0.4) is 0 Å². The number of nitrogens with one attached hydrogen (secondary N) is 1. The molecule has 0 unspecified atom stereocenters. The number of carbonyl (C=O) groups is 1. The summed E-state index contributed by atoms with van der Waals surface area (Å²) in [6.45, 7) is 2.70. The molecular formula is C16H17N5O. The maximum Gasteiger partial charge on any atom is 0.254 e. The average molecular weight is 295 g/mol. The summed E-state index contributed by atoms with van der Waals surface area (Å²) in [5.74, 6) is 0.518. The van der Waals surface area contributed by atoms with Crippen molar-refractivity contribution in [2.75, 3.05) is 13.1 Å². The molecular weight excluding hydrogens is 278 g/mol. The number of rotatable bonds is 4. The maximum atomic E-state index is 12.0. The Morgan fingerprint density at radius 3 is 2.91 bits per heavy atom. The Bertz CT molecular complexity index is 824. The highest BCUT2D eigenvalue weighted by atomic mass is 16.1. The van der Waals surface area contributed by atoms with Crippen molar-refractivity contribution in [2.45, 2.75) is 6.92 Å². The summed E-state index contributed by atoms with van der Waals surface area (Å²) < 4.78 is 1.67. The highest BCUT2D eigenvalue weighted by Gasteiger charge is 2.15. The lowest BCUT2D eigenvalue weighted by molar-refractivity contribution is 0.0954. The molecule has 0 saturated heterocycles. The number of nitrogens with two attached hydrogens (primary N) is 1. The van der Waals surface area contributed by atoms with Crippen LogP contribution in [0.25, 0.3) is 16.7 Å². The molecule has 0 bridgehead atoms. The number of fused-ring (bicyclic) bond motifs is 1. The number of amides is 1. The smallest absolute Gasteiger partial charge is 0.254 e. The van der Waals surface area contributed by atoms with Crippen LogP contribution in [0.1, 0.15) is 16.1 Å². The van der Waals surface area contributed by atoms with Gasteiger partial charge in [-0.2, -0.15) is 5.10 Å². The number of hydrogen-bond acceptors (Lipinski definition) is 4. The van der Waals surface area contributed by atoms with Crippen LogP contribution in [-0.4, -0.2) is 33.8 Å². The van der Waals surface area contributed by atoms with E-state index in [1.165, 1.54) is 0 Å². The topological polar surface area (TPSA) is 85.8 Å². The normalized spacial score (nSPS) is 10.8. The summed E-state index contributed by atoms with van der Waals surface area (Å²) in [6.07, 6.45) is 1.55. The number of carbonyl (C=O) groups excluding carboxylic acids is 1. The van der Waals surface area contributed by atoms with Crippen LogP contribution in [0.2, 0.25) is 0 Å². The van der Waals surface area contributed by atoms with E-state index in [-0.39, 0.29) is 5.91 Å². The Kier molecular flexibility index (Phi) is 3.84. The van der Waals surface area contributed by atoms with Crippen molar-refractivity contribution >= 4 is 16.8 Å². The molecule has 1 amide bonds. The molecule has 0 saturated carbocycles. The van der Waals surface area contributed by atoms with E-state index >= 15 is 0 Å². The van der Waals surface area contributed by atoms with Gasteiger partial charge in [0.1, 0.15) is 0 Å². The zero-order valence-electron chi connectivity index (χ0n) is 12.3. The summed E-state index contributed by atoms with van der Waals surface area (Å²) in [5, 5.41) is 8.10. The SMILES string of the molecule is Cc1c(C(=O)NCCN)cnn1-c1ccc2ccccc2n1. The molecule has 0 fully saturated rings. The van der Waals surface area contributed by atoms with E-state index in [2.05, 4.69) is 15.4 Å². The van der Waals surface area contributed by atoms with Crippen LogP contribution < -0.4 is 11.1 Å². The second-order valence-electron chi connectivity index (χ2n) is 4.96. The third kappa shape index (κ3) is 2.56. The predicted molar refractivity (Wildman–Crippen MR) is 85.0 cm³/mol. The number of aromatic nitrogens is 3. The summed E-state index contributed by atoms with van der Waals surface area (Å²) in [7, 11) is 0. The number of para-hydroxylation sites is 1. The first-order valence-corrected chi connectivity index (χ1v) is 7.10. The zero-order valence-corrected chi connectivity index (χ0v) is 12.3. The number of benzene rings is 1. The van der Waals surface area contributed by atoms with E-state index in [9.17, 15) is 4.79 Å². The highest BCUT2D eigenvalue weighted by molar-refractivity contribution is 5.95. The van der Waals surface area contributed by atoms with Crippen molar-refractivity contribution in [3.63, 3.8) is 0 Å². The summed E-state index contributed by atoms with van der Waals surface area (Å²) >= 11 is 0. The van der Waals surface area contributed by atoms with Crippen LogP contribution in [0.4, 0.5) is 0 Å². The van der Waals surface area contributed by atoms with Gasteiger partial charge in [0.05, 0.1) is 23.0 Å². The molecule has 0 atom stereocenters. The van der Waals surface area contributed by atoms with Crippen molar-refractivity contribution in [2.24, 2.45) is 5.73 Å². The van der Waals surface area contributed by atoms with Gasteiger partial charge in [-0.1, -0.05) is 18.2 Å². The van der Waals surface area contributed by atoms with Gasteiger partial charge in [0.15, 0.2) is 5.82 Å². The maximum absolute atomic E-state index is 12.0. The standard InChI is InChI=1S/C16H17N5O/c1-11-13(16(22)18-9-8-17)10-19-21(11)15-7-6-12-4-2-3-5-14(12)20-15/h2-7,10H,8-9,17H2,1H3,(H,18,22). The number of nitrogens with zero attached hydrogens (tertiary/aromatic N) is 3. The number of hydrogen-bond donors (Lipinski definition) is 2. The first kappa shape index (κ1) is 14.2. The Morgan fingerprint density at radius 1 is 1.27 bits per heavy atom. The molecule has 6 nitrogen and oxygen atoms in total. The summed E-state index contributed by atoms with van der Waals surface area (Å²) in [5.41, 5.74) is 7.57. The van der Waals surface area contributed by atoms with Crippen molar-refractivity contribution in [1.29, 1.82) is 0 Å². The van der Waals surface area contributed by atoms with Crippen molar-refractivity contribution < 1.29 is 4.79 Å². The Balaban J connectivity index is 1.97. The lowest BCUT2D eigenvalue weighted by Crippen LogP contribution is -2.29. The van der Waals surface area contributed by atoms with Crippen molar-refractivity contribution in [3.8, 4) is 5.82 Å². The monoisotopic (exact) mass is 295 g/mol. The molecule has 0 aliphatic carbocycles. The minimum absolute atomic E-state index is 0.171. The van der Waals surface area contributed by atoms with Gasteiger partial charge in [-0.3, -0.25) is 4.79 Å². The summed E-state index contributed by atoms with van der Waals surface area (Å²) in [6, 6.07) is 11.8. The Hall–Kier alpha value is -2.73. The van der Waals surface area contributed by atoms with Gasteiger partial charge in [0, 0.05) is 18.5 Å². The molecule has 0 spiro atoms. The second kappa shape index (κ2) is 5.95. The quantitative estimate of drug-likeness (QED) is 0.762. The van der Waals surface area contributed by atoms with E-state index in [0.717, 1.165) is 16.6 Å². The van der Waals surface area contributed by atoms with Gasteiger partial charge >= 0.3 is 0 Å². The number of pyridine rings is 1. The fraction of sp³-hybridized carbons (Fsp3) is 0.188. The van der Waals surface area contributed by atoms with Crippen LogP contribution in [-0.2, 0) is 0 Å². The third-order valence-corrected chi connectivity index (χ3v) is 3.49. The molecule has 2 aromatic heterocycles. The van der Waals surface area contributed by atoms with Gasteiger partial charge in [0.2, 0.25) is 0 Å². The fourth-order valence-electron chi connectivity index (χ4n) is 2.32.